The smallest absolute Gasteiger partial charge is 0.220 e. The number of aromatic nitrogens is 1. The van der Waals surface area contributed by atoms with E-state index in [1.165, 1.54) is 0 Å². The van der Waals surface area contributed by atoms with Crippen LogP contribution in [-0.2, 0) is 11.2 Å². The van der Waals surface area contributed by atoms with Crippen LogP contribution in [0.5, 0.6) is 0 Å². The molecular formula is C14H21N3O. The van der Waals surface area contributed by atoms with E-state index in [-0.39, 0.29) is 5.91 Å². The highest BCUT2D eigenvalue weighted by Crippen LogP contribution is 2.15. The van der Waals surface area contributed by atoms with E-state index in [9.17, 15) is 4.79 Å². The normalized spacial score (nSPS) is 16.4. The molecule has 1 aliphatic heterocycles. The average Bonchev–Trinajstić information content (AvgIpc) is 2.41. The van der Waals surface area contributed by atoms with Crippen molar-refractivity contribution in [3.63, 3.8) is 0 Å². The van der Waals surface area contributed by atoms with Crippen molar-refractivity contribution in [3.05, 3.63) is 30.1 Å². The van der Waals surface area contributed by atoms with Gasteiger partial charge in [-0.15, -0.1) is 0 Å². The summed E-state index contributed by atoms with van der Waals surface area (Å²) in [6.07, 6.45) is 5.50. The lowest BCUT2D eigenvalue weighted by atomic mass is 9.94. The number of nitrogens with one attached hydrogen (secondary N) is 2. The second kappa shape index (κ2) is 7.11. The Morgan fingerprint density at radius 2 is 2.22 bits per heavy atom. The van der Waals surface area contributed by atoms with Crippen molar-refractivity contribution in [2.45, 2.75) is 25.7 Å². The topological polar surface area (TPSA) is 54.0 Å². The number of pyridine rings is 1. The lowest BCUT2D eigenvalue weighted by Crippen LogP contribution is -2.33. The Hall–Kier alpha value is -1.42. The molecule has 1 saturated heterocycles. The van der Waals surface area contributed by atoms with Gasteiger partial charge in [0.25, 0.3) is 0 Å². The first-order valence-corrected chi connectivity index (χ1v) is 6.72. The number of carbonyl (C=O) groups excluding carboxylic acids is 1. The molecule has 1 amide bonds. The van der Waals surface area contributed by atoms with Gasteiger partial charge in [0, 0.05) is 31.3 Å². The first-order valence-electron chi connectivity index (χ1n) is 6.72. The molecule has 2 rings (SSSR count). The number of piperidine rings is 1. The van der Waals surface area contributed by atoms with Crippen LogP contribution in [0.3, 0.4) is 0 Å². The summed E-state index contributed by atoms with van der Waals surface area (Å²) in [5.41, 5.74) is 1.03. The van der Waals surface area contributed by atoms with Crippen molar-refractivity contribution < 1.29 is 4.79 Å². The van der Waals surface area contributed by atoms with Gasteiger partial charge in [-0.1, -0.05) is 6.07 Å². The largest absolute Gasteiger partial charge is 0.356 e. The molecule has 4 nitrogen and oxygen atoms in total. The van der Waals surface area contributed by atoms with Gasteiger partial charge in [-0.3, -0.25) is 9.78 Å². The lowest BCUT2D eigenvalue weighted by molar-refractivity contribution is -0.122. The van der Waals surface area contributed by atoms with Gasteiger partial charge in [-0.05, 0) is 44.0 Å². The first-order chi connectivity index (χ1) is 8.84. The molecule has 1 fully saturated rings. The first kappa shape index (κ1) is 13.0. The fourth-order valence-corrected chi connectivity index (χ4v) is 2.30. The molecule has 0 aliphatic carbocycles. The van der Waals surface area contributed by atoms with Crippen LogP contribution >= 0.6 is 0 Å². The van der Waals surface area contributed by atoms with Gasteiger partial charge >= 0.3 is 0 Å². The van der Waals surface area contributed by atoms with Gasteiger partial charge in [0.1, 0.15) is 0 Å². The summed E-state index contributed by atoms with van der Waals surface area (Å²) < 4.78 is 0. The van der Waals surface area contributed by atoms with E-state index in [4.69, 9.17) is 0 Å². The molecule has 0 aromatic carbocycles. The molecule has 2 heterocycles. The molecule has 0 unspecified atom stereocenters. The summed E-state index contributed by atoms with van der Waals surface area (Å²) in [7, 11) is 0. The number of hydrogen-bond acceptors (Lipinski definition) is 3. The minimum Gasteiger partial charge on any atom is -0.356 e. The minimum absolute atomic E-state index is 0.179. The Balaban J connectivity index is 1.62. The standard InChI is InChI=1S/C14H21N3O/c18-14(11-12-4-8-15-9-5-12)17-10-6-13-3-1-2-7-16-13/h1-3,7,12,15H,4-6,8-11H2,(H,17,18). The minimum atomic E-state index is 0.179. The Morgan fingerprint density at radius 3 is 2.94 bits per heavy atom. The Kier molecular flexibility index (Phi) is 5.15. The van der Waals surface area contributed by atoms with E-state index < -0.39 is 0 Å². The molecular weight excluding hydrogens is 226 g/mol. The van der Waals surface area contributed by atoms with Gasteiger partial charge in [-0.2, -0.15) is 0 Å². The zero-order valence-corrected chi connectivity index (χ0v) is 10.7. The van der Waals surface area contributed by atoms with E-state index >= 15 is 0 Å². The fraction of sp³-hybridized carbons (Fsp3) is 0.571. The van der Waals surface area contributed by atoms with E-state index in [0.29, 0.717) is 18.9 Å². The Bertz CT molecular complexity index is 361. The van der Waals surface area contributed by atoms with Crippen LogP contribution in [0, 0.1) is 5.92 Å². The summed E-state index contributed by atoms with van der Waals surface area (Å²) in [6, 6.07) is 5.86. The van der Waals surface area contributed by atoms with E-state index in [0.717, 1.165) is 38.0 Å². The summed E-state index contributed by atoms with van der Waals surface area (Å²) in [6.45, 7) is 2.78. The van der Waals surface area contributed by atoms with Crippen LogP contribution in [0.25, 0.3) is 0 Å². The second-order valence-electron chi connectivity index (χ2n) is 4.82. The molecule has 0 saturated carbocycles. The second-order valence-corrected chi connectivity index (χ2v) is 4.82. The van der Waals surface area contributed by atoms with E-state index in [1.807, 2.05) is 18.2 Å². The highest BCUT2D eigenvalue weighted by molar-refractivity contribution is 5.76. The Morgan fingerprint density at radius 1 is 1.39 bits per heavy atom. The number of amides is 1. The predicted octanol–water partition coefficient (Wildman–Crippen LogP) is 1.13. The molecule has 1 aromatic rings. The predicted molar refractivity (Wildman–Crippen MR) is 71.2 cm³/mol. The molecule has 98 valence electrons. The molecule has 0 atom stereocenters. The van der Waals surface area contributed by atoms with Crippen molar-refractivity contribution in [3.8, 4) is 0 Å². The maximum Gasteiger partial charge on any atom is 0.220 e. The number of carbonyl (C=O) groups is 1. The highest BCUT2D eigenvalue weighted by atomic mass is 16.1. The van der Waals surface area contributed by atoms with Gasteiger partial charge in [-0.25, -0.2) is 0 Å². The summed E-state index contributed by atoms with van der Waals surface area (Å²) >= 11 is 0. The maximum absolute atomic E-state index is 11.7. The number of rotatable bonds is 5. The van der Waals surface area contributed by atoms with Crippen LogP contribution < -0.4 is 10.6 Å². The average molecular weight is 247 g/mol. The third kappa shape index (κ3) is 4.45. The molecule has 4 heteroatoms. The third-order valence-corrected chi connectivity index (χ3v) is 3.36. The molecule has 0 radical (unpaired) electrons. The van der Waals surface area contributed by atoms with Crippen molar-refractivity contribution in [2.24, 2.45) is 5.92 Å². The zero-order valence-electron chi connectivity index (χ0n) is 10.7. The van der Waals surface area contributed by atoms with E-state index in [1.54, 1.807) is 6.20 Å². The van der Waals surface area contributed by atoms with Crippen LogP contribution in [0.2, 0.25) is 0 Å². The molecule has 1 aromatic heterocycles. The van der Waals surface area contributed by atoms with E-state index in [2.05, 4.69) is 15.6 Å². The Labute approximate surface area is 108 Å². The maximum atomic E-state index is 11.7. The summed E-state index contributed by atoms with van der Waals surface area (Å²) in [4.78, 5) is 16.0. The quantitative estimate of drug-likeness (QED) is 0.820. The zero-order chi connectivity index (χ0) is 12.6. The van der Waals surface area contributed by atoms with Crippen LogP contribution in [0.1, 0.15) is 25.0 Å². The van der Waals surface area contributed by atoms with Gasteiger partial charge in [0.15, 0.2) is 0 Å². The molecule has 0 spiro atoms. The summed E-state index contributed by atoms with van der Waals surface area (Å²) in [5, 5.41) is 6.29. The SMILES string of the molecule is O=C(CC1CCNCC1)NCCc1ccccn1. The van der Waals surface area contributed by atoms with Gasteiger partial charge in [0.2, 0.25) is 5.91 Å². The van der Waals surface area contributed by atoms with Crippen molar-refractivity contribution in [2.75, 3.05) is 19.6 Å². The van der Waals surface area contributed by atoms with Crippen LogP contribution in [0.15, 0.2) is 24.4 Å². The van der Waals surface area contributed by atoms with Crippen molar-refractivity contribution in [1.29, 1.82) is 0 Å². The van der Waals surface area contributed by atoms with Crippen molar-refractivity contribution in [1.82, 2.24) is 15.6 Å². The third-order valence-electron chi connectivity index (χ3n) is 3.36. The van der Waals surface area contributed by atoms with Gasteiger partial charge in [0.05, 0.1) is 0 Å². The molecule has 0 bridgehead atoms. The lowest BCUT2D eigenvalue weighted by Gasteiger charge is -2.21. The monoisotopic (exact) mass is 247 g/mol. The highest BCUT2D eigenvalue weighted by Gasteiger charge is 2.16. The summed E-state index contributed by atoms with van der Waals surface area (Å²) in [5.74, 6) is 0.735. The fourth-order valence-electron chi connectivity index (χ4n) is 2.30. The van der Waals surface area contributed by atoms with Crippen molar-refractivity contribution >= 4 is 5.91 Å². The number of hydrogen-bond donors (Lipinski definition) is 2. The molecule has 2 N–H and O–H groups in total. The molecule has 18 heavy (non-hydrogen) atoms. The number of nitrogens with zero attached hydrogens (tertiary/aromatic N) is 1. The van der Waals surface area contributed by atoms with Crippen LogP contribution in [0.4, 0.5) is 0 Å². The molecule has 1 aliphatic rings. The van der Waals surface area contributed by atoms with Gasteiger partial charge < -0.3 is 10.6 Å². The van der Waals surface area contributed by atoms with Crippen LogP contribution in [-0.4, -0.2) is 30.5 Å².